The van der Waals surface area contributed by atoms with E-state index in [0.717, 1.165) is 31.7 Å². The van der Waals surface area contributed by atoms with Crippen LogP contribution in [0.15, 0.2) is 12.1 Å². The van der Waals surface area contributed by atoms with Crippen LogP contribution in [0.25, 0.3) is 0 Å². The van der Waals surface area contributed by atoms with Gasteiger partial charge >= 0.3 is 0 Å². The van der Waals surface area contributed by atoms with Crippen molar-refractivity contribution in [2.24, 2.45) is 17.8 Å². The Morgan fingerprint density at radius 1 is 1.38 bits per heavy atom. The van der Waals surface area contributed by atoms with Crippen molar-refractivity contribution in [3.8, 4) is 5.88 Å². The highest BCUT2D eigenvalue weighted by Crippen LogP contribution is 2.40. The Hall–Kier alpha value is -1.49. The lowest BCUT2D eigenvalue weighted by atomic mass is 10.00. The van der Waals surface area contributed by atoms with Crippen molar-refractivity contribution in [3.63, 3.8) is 0 Å². The lowest BCUT2D eigenvalue weighted by Gasteiger charge is -2.20. The Balaban J connectivity index is 1.73. The minimum absolute atomic E-state index is 0.148. The molecule has 1 saturated heterocycles. The van der Waals surface area contributed by atoms with E-state index in [1.54, 1.807) is 0 Å². The average Bonchev–Trinajstić information content (AvgIpc) is 3.00. The molecule has 2 fully saturated rings. The Bertz CT molecular complexity index is 506. The van der Waals surface area contributed by atoms with Gasteiger partial charge in [-0.15, -0.1) is 0 Å². The summed E-state index contributed by atoms with van der Waals surface area (Å²) >= 11 is 0. The molecule has 116 valence electrons. The third kappa shape index (κ3) is 2.93. The minimum Gasteiger partial charge on any atom is -0.476 e. The number of aromatic nitrogens is 1. The molecule has 0 amide bonds. The summed E-state index contributed by atoms with van der Waals surface area (Å²) in [5, 5.41) is 10.0. The fourth-order valence-electron chi connectivity index (χ4n) is 3.40. The zero-order valence-electron chi connectivity index (χ0n) is 12.8. The molecule has 1 saturated carbocycles. The number of nitrogen functional groups attached to an aromatic ring is 1. The molecule has 0 radical (unpaired) electrons. The number of hydrogen-bond acceptors (Lipinski definition) is 5. The number of pyridine rings is 1. The SMILES string of the molecule is CC(C)COc1nc(N2CC3CCC(O)C3C2)ccc1N. The van der Waals surface area contributed by atoms with Crippen LogP contribution in [0.1, 0.15) is 26.7 Å². The van der Waals surface area contributed by atoms with E-state index >= 15 is 0 Å². The standard InChI is InChI=1S/C16H25N3O2/c1-10(2)9-21-16-13(17)4-6-15(18-16)19-7-11-3-5-14(20)12(11)8-19/h4,6,10-12,14,20H,3,5,7-9,17H2,1-2H3. The highest BCUT2D eigenvalue weighted by molar-refractivity contribution is 5.55. The van der Waals surface area contributed by atoms with E-state index in [1.165, 1.54) is 0 Å². The number of fused-ring (bicyclic) bond motifs is 1. The predicted octanol–water partition coefficient (Wildman–Crippen LogP) is 1.91. The summed E-state index contributed by atoms with van der Waals surface area (Å²) in [6.45, 7) is 6.67. The summed E-state index contributed by atoms with van der Waals surface area (Å²) in [6.07, 6.45) is 1.92. The van der Waals surface area contributed by atoms with Crippen molar-refractivity contribution >= 4 is 11.5 Å². The zero-order chi connectivity index (χ0) is 15.0. The molecular formula is C16H25N3O2. The van der Waals surface area contributed by atoms with Gasteiger partial charge in [-0.1, -0.05) is 13.8 Å². The zero-order valence-corrected chi connectivity index (χ0v) is 12.8. The first kappa shape index (κ1) is 14.4. The molecule has 3 rings (SSSR count). The second-order valence-corrected chi connectivity index (χ2v) is 6.74. The summed E-state index contributed by atoms with van der Waals surface area (Å²) in [6, 6.07) is 3.81. The lowest BCUT2D eigenvalue weighted by Crippen LogP contribution is -2.25. The van der Waals surface area contributed by atoms with Crippen LogP contribution < -0.4 is 15.4 Å². The summed E-state index contributed by atoms with van der Waals surface area (Å²) in [5.74, 6) is 2.86. The van der Waals surface area contributed by atoms with Gasteiger partial charge in [-0.2, -0.15) is 4.98 Å². The third-order valence-electron chi connectivity index (χ3n) is 4.57. The quantitative estimate of drug-likeness (QED) is 0.886. The molecule has 2 aliphatic rings. The van der Waals surface area contributed by atoms with Crippen LogP contribution in [0, 0.1) is 17.8 Å². The van der Waals surface area contributed by atoms with Gasteiger partial charge in [0.1, 0.15) is 5.82 Å². The fourth-order valence-corrected chi connectivity index (χ4v) is 3.40. The van der Waals surface area contributed by atoms with Gasteiger partial charge in [0, 0.05) is 19.0 Å². The molecule has 5 nitrogen and oxygen atoms in total. The highest BCUT2D eigenvalue weighted by atomic mass is 16.5. The Morgan fingerprint density at radius 3 is 2.90 bits per heavy atom. The van der Waals surface area contributed by atoms with Crippen LogP contribution in [-0.4, -0.2) is 35.9 Å². The number of ether oxygens (including phenoxy) is 1. The van der Waals surface area contributed by atoms with Gasteiger partial charge < -0.3 is 20.5 Å². The predicted molar refractivity (Wildman–Crippen MR) is 83.4 cm³/mol. The van der Waals surface area contributed by atoms with E-state index in [-0.39, 0.29) is 6.10 Å². The number of nitrogens with zero attached hydrogens (tertiary/aromatic N) is 2. The second-order valence-electron chi connectivity index (χ2n) is 6.74. The maximum absolute atomic E-state index is 10.0. The van der Waals surface area contributed by atoms with E-state index in [0.29, 0.717) is 35.9 Å². The molecule has 3 N–H and O–H groups in total. The Kier molecular flexibility index (Phi) is 3.93. The molecule has 1 aliphatic heterocycles. The molecular weight excluding hydrogens is 266 g/mol. The normalized spacial score (nSPS) is 28.2. The largest absolute Gasteiger partial charge is 0.476 e. The molecule has 1 aromatic rings. The number of nitrogens with two attached hydrogens (primary N) is 1. The molecule has 1 aliphatic carbocycles. The first-order valence-corrected chi connectivity index (χ1v) is 7.87. The number of hydrogen-bond donors (Lipinski definition) is 2. The Morgan fingerprint density at radius 2 is 2.19 bits per heavy atom. The lowest BCUT2D eigenvalue weighted by molar-refractivity contribution is 0.133. The maximum atomic E-state index is 10.0. The molecule has 3 atom stereocenters. The number of anilines is 2. The van der Waals surface area contributed by atoms with Gasteiger partial charge in [0.2, 0.25) is 5.88 Å². The van der Waals surface area contributed by atoms with Crippen LogP contribution in [-0.2, 0) is 0 Å². The van der Waals surface area contributed by atoms with Crippen LogP contribution in [0.2, 0.25) is 0 Å². The summed E-state index contributed by atoms with van der Waals surface area (Å²) in [4.78, 5) is 6.83. The average molecular weight is 291 g/mol. The van der Waals surface area contributed by atoms with Gasteiger partial charge in [0.05, 0.1) is 18.4 Å². The number of aliphatic hydroxyl groups is 1. The molecule has 21 heavy (non-hydrogen) atoms. The van der Waals surface area contributed by atoms with Crippen LogP contribution in [0.3, 0.4) is 0 Å². The summed E-state index contributed by atoms with van der Waals surface area (Å²) in [5.41, 5.74) is 6.52. The molecule has 1 aromatic heterocycles. The first-order chi connectivity index (χ1) is 10.0. The first-order valence-electron chi connectivity index (χ1n) is 7.87. The molecule has 0 spiro atoms. The van der Waals surface area contributed by atoms with Gasteiger partial charge in [-0.25, -0.2) is 0 Å². The van der Waals surface area contributed by atoms with Crippen LogP contribution in [0.4, 0.5) is 11.5 Å². The van der Waals surface area contributed by atoms with Gasteiger partial charge in [0.15, 0.2) is 0 Å². The van der Waals surface area contributed by atoms with E-state index in [2.05, 4.69) is 23.7 Å². The Labute approximate surface area is 126 Å². The number of aliphatic hydroxyl groups excluding tert-OH is 1. The monoisotopic (exact) mass is 291 g/mol. The van der Waals surface area contributed by atoms with Gasteiger partial charge in [-0.05, 0) is 36.8 Å². The maximum Gasteiger partial charge on any atom is 0.239 e. The second kappa shape index (κ2) is 5.72. The van der Waals surface area contributed by atoms with Gasteiger partial charge in [0.25, 0.3) is 0 Å². The van der Waals surface area contributed by atoms with Crippen molar-refractivity contribution < 1.29 is 9.84 Å². The van der Waals surface area contributed by atoms with Crippen molar-refractivity contribution in [2.45, 2.75) is 32.8 Å². The summed E-state index contributed by atoms with van der Waals surface area (Å²) < 4.78 is 5.70. The van der Waals surface area contributed by atoms with E-state index < -0.39 is 0 Å². The van der Waals surface area contributed by atoms with E-state index in [9.17, 15) is 5.11 Å². The number of rotatable bonds is 4. The van der Waals surface area contributed by atoms with Crippen molar-refractivity contribution in [1.29, 1.82) is 0 Å². The fraction of sp³-hybridized carbons (Fsp3) is 0.688. The van der Waals surface area contributed by atoms with Crippen LogP contribution in [0.5, 0.6) is 5.88 Å². The van der Waals surface area contributed by atoms with Crippen molar-refractivity contribution in [2.75, 3.05) is 30.3 Å². The molecule has 0 bridgehead atoms. The molecule has 0 aromatic carbocycles. The third-order valence-corrected chi connectivity index (χ3v) is 4.57. The highest BCUT2D eigenvalue weighted by Gasteiger charge is 2.42. The van der Waals surface area contributed by atoms with E-state index in [4.69, 9.17) is 10.5 Å². The molecule has 5 heteroatoms. The van der Waals surface area contributed by atoms with Gasteiger partial charge in [-0.3, -0.25) is 0 Å². The topological polar surface area (TPSA) is 71.6 Å². The van der Waals surface area contributed by atoms with Crippen LogP contribution >= 0.6 is 0 Å². The van der Waals surface area contributed by atoms with Crippen molar-refractivity contribution in [1.82, 2.24) is 4.98 Å². The molecule has 2 heterocycles. The summed E-state index contributed by atoms with van der Waals surface area (Å²) in [7, 11) is 0. The van der Waals surface area contributed by atoms with E-state index in [1.807, 2.05) is 12.1 Å². The minimum atomic E-state index is -0.148. The molecule has 3 unspecified atom stereocenters. The smallest absolute Gasteiger partial charge is 0.239 e. The van der Waals surface area contributed by atoms with Crippen molar-refractivity contribution in [3.05, 3.63) is 12.1 Å².